The maximum Gasteiger partial charge on any atom is 0.416 e. The van der Waals surface area contributed by atoms with Crippen LogP contribution in [-0.2, 0) is 21.9 Å². The van der Waals surface area contributed by atoms with Gasteiger partial charge in [-0.15, -0.1) is 0 Å². The van der Waals surface area contributed by atoms with E-state index in [0.29, 0.717) is 12.1 Å². The highest BCUT2D eigenvalue weighted by atomic mass is 32.2. The molecular formula is C21H13F6NO4S2. The third-order valence-electron chi connectivity index (χ3n) is 4.38. The highest BCUT2D eigenvalue weighted by Gasteiger charge is 2.37. The van der Waals surface area contributed by atoms with Crippen molar-refractivity contribution in [3.8, 4) is 22.6 Å². The van der Waals surface area contributed by atoms with Gasteiger partial charge in [-0.3, -0.25) is 9.59 Å². The fraction of sp³-hybridized carbons (Fsp3) is 0.190. The number of benzene rings is 2. The molecule has 1 heterocycles. The van der Waals surface area contributed by atoms with E-state index in [-0.39, 0.29) is 37.9 Å². The van der Waals surface area contributed by atoms with Gasteiger partial charge in [0, 0.05) is 12.5 Å². The van der Waals surface area contributed by atoms with Crippen molar-refractivity contribution >= 4 is 46.3 Å². The topological polar surface area (TPSA) is 64.6 Å². The molecule has 1 N–H and O–H groups in total. The number of thiocarbonyl (C=S) groups is 1. The van der Waals surface area contributed by atoms with Crippen molar-refractivity contribution < 1.29 is 45.4 Å². The molecule has 3 rings (SSSR count). The highest BCUT2D eigenvalue weighted by molar-refractivity contribution is 8.26. The lowest BCUT2D eigenvalue weighted by Gasteiger charge is -2.18. The van der Waals surface area contributed by atoms with Gasteiger partial charge in [-0.2, -0.15) is 26.3 Å². The van der Waals surface area contributed by atoms with E-state index in [1.807, 2.05) is 0 Å². The molecule has 13 heteroatoms. The summed E-state index contributed by atoms with van der Waals surface area (Å²) in [5.74, 6) is -1.96. The van der Waals surface area contributed by atoms with Gasteiger partial charge in [0.05, 0.1) is 23.1 Å². The lowest BCUT2D eigenvalue weighted by Crippen LogP contribution is -2.17. The Hall–Kier alpha value is -3.06. The van der Waals surface area contributed by atoms with Gasteiger partial charge in [-0.1, -0.05) is 24.0 Å². The summed E-state index contributed by atoms with van der Waals surface area (Å²) in [6, 6.07) is 3.47. The summed E-state index contributed by atoms with van der Waals surface area (Å²) < 4.78 is 90.8. The Kier molecular flexibility index (Phi) is 6.99. The molecular weight excluding hydrogens is 508 g/mol. The summed E-state index contributed by atoms with van der Waals surface area (Å²) >= 11 is 5.82. The predicted octanol–water partition coefficient (Wildman–Crippen LogP) is 5.81. The molecule has 5 nitrogen and oxygen atoms in total. The molecule has 0 atom stereocenters. The van der Waals surface area contributed by atoms with E-state index in [4.69, 9.17) is 21.7 Å². The summed E-state index contributed by atoms with van der Waals surface area (Å²) in [6.07, 6.45) is -8.85. The first kappa shape index (κ1) is 25.6. The number of thioether (sulfide) groups is 1. The predicted molar refractivity (Wildman–Crippen MR) is 116 cm³/mol. The Morgan fingerprint density at radius 1 is 1.03 bits per heavy atom. The summed E-state index contributed by atoms with van der Waals surface area (Å²) in [7, 11) is 1.17. The summed E-state index contributed by atoms with van der Waals surface area (Å²) in [5, 5.41) is 2.38. The van der Waals surface area contributed by atoms with E-state index >= 15 is 0 Å². The van der Waals surface area contributed by atoms with E-state index in [1.165, 1.54) is 25.3 Å². The Balaban J connectivity index is 2.33. The van der Waals surface area contributed by atoms with Gasteiger partial charge in [0.25, 0.3) is 5.91 Å². The van der Waals surface area contributed by atoms with Crippen molar-refractivity contribution in [1.82, 2.24) is 5.32 Å². The molecule has 180 valence electrons. The quantitative estimate of drug-likeness (QED) is 0.180. The Morgan fingerprint density at radius 3 is 2.06 bits per heavy atom. The van der Waals surface area contributed by atoms with E-state index in [1.54, 1.807) is 0 Å². The number of hydrogen-bond acceptors (Lipinski definition) is 6. The van der Waals surface area contributed by atoms with Gasteiger partial charge in [-0.05, 0) is 47.5 Å². The van der Waals surface area contributed by atoms with Gasteiger partial charge in [0.1, 0.15) is 4.32 Å². The van der Waals surface area contributed by atoms with Crippen LogP contribution in [0.3, 0.4) is 0 Å². The number of amides is 1. The maximum absolute atomic E-state index is 13.4. The van der Waals surface area contributed by atoms with Crippen LogP contribution < -0.4 is 14.8 Å². The second-order valence-electron chi connectivity index (χ2n) is 6.84. The van der Waals surface area contributed by atoms with Crippen LogP contribution in [-0.4, -0.2) is 23.3 Å². The molecule has 1 fully saturated rings. The Labute approximate surface area is 198 Å². The van der Waals surface area contributed by atoms with Crippen LogP contribution >= 0.6 is 24.0 Å². The molecule has 1 aliphatic heterocycles. The average Bonchev–Trinajstić information content (AvgIpc) is 3.03. The first-order valence-electron chi connectivity index (χ1n) is 9.14. The normalized spacial score (nSPS) is 15.5. The number of methoxy groups -OCH3 is 1. The second-order valence-corrected chi connectivity index (χ2v) is 8.56. The fourth-order valence-electron chi connectivity index (χ4n) is 3.00. The molecule has 2 aromatic carbocycles. The standard InChI is InChI=1S/C21H13F6NO4S2/c1-9(29)32-17-14(11-6-12(20(22,23)24)8-13(7-11)21(25,26)27)3-10(4-15(17)31-2)5-16-18(30)28-19(33)34-16/h3-8H,1-2H3,(H,28,30,33). The minimum atomic E-state index is -5.09. The number of esters is 1. The van der Waals surface area contributed by atoms with Crippen LogP contribution in [0.2, 0.25) is 0 Å². The lowest BCUT2D eigenvalue weighted by atomic mass is 9.96. The van der Waals surface area contributed by atoms with Gasteiger partial charge >= 0.3 is 18.3 Å². The molecule has 1 saturated heterocycles. The third kappa shape index (κ3) is 5.70. The van der Waals surface area contributed by atoms with Crippen LogP contribution in [0.25, 0.3) is 17.2 Å². The lowest BCUT2D eigenvalue weighted by molar-refractivity contribution is -0.143. The van der Waals surface area contributed by atoms with Crippen LogP contribution in [0.15, 0.2) is 35.2 Å². The summed E-state index contributed by atoms with van der Waals surface area (Å²) in [6.45, 7) is 1.01. The molecule has 1 aliphatic rings. The van der Waals surface area contributed by atoms with Crippen LogP contribution in [0.4, 0.5) is 26.3 Å². The van der Waals surface area contributed by atoms with Gasteiger partial charge < -0.3 is 14.8 Å². The number of carbonyl (C=O) groups is 2. The SMILES string of the molecule is COc1cc(C=C2SC(=S)NC2=O)cc(-c2cc(C(F)(F)F)cc(C(F)(F)F)c2)c1OC(C)=O. The van der Waals surface area contributed by atoms with E-state index < -0.39 is 40.9 Å². The van der Waals surface area contributed by atoms with Gasteiger partial charge in [-0.25, -0.2) is 0 Å². The molecule has 34 heavy (non-hydrogen) atoms. The zero-order chi connectivity index (χ0) is 25.4. The molecule has 0 unspecified atom stereocenters. The molecule has 0 aliphatic carbocycles. The number of halogens is 6. The van der Waals surface area contributed by atoms with Gasteiger partial charge in [0.15, 0.2) is 11.5 Å². The van der Waals surface area contributed by atoms with E-state index in [0.717, 1.165) is 18.7 Å². The highest BCUT2D eigenvalue weighted by Crippen LogP contribution is 2.44. The number of carbonyl (C=O) groups excluding carboxylic acids is 2. The summed E-state index contributed by atoms with van der Waals surface area (Å²) in [5.41, 5.74) is -3.74. The zero-order valence-corrected chi connectivity index (χ0v) is 18.8. The molecule has 1 amide bonds. The first-order chi connectivity index (χ1) is 15.7. The zero-order valence-electron chi connectivity index (χ0n) is 17.2. The number of ether oxygens (including phenoxy) is 2. The molecule has 0 spiro atoms. The third-order valence-corrected chi connectivity index (χ3v) is 5.54. The Morgan fingerprint density at radius 2 is 1.62 bits per heavy atom. The summed E-state index contributed by atoms with van der Waals surface area (Å²) in [4.78, 5) is 23.8. The van der Waals surface area contributed by atoms with Crippen LogP contribution in [0.1, 0.15) is 23.6 Å². The van der Waals surface area contributed by atoms with E-state index in [2.05, 4.69) is 5.32 Å². The number of alkyl halides is 6. The smallest absolute Gasteiger partial charge is 0.416 e. The minimum absolute atomic E-state index is 0.0154. The van der Waals surface area contributed by atoms with Crippen molar-refractivity contribution in [3.05, 3.63) is 51.9 Å². The Bertz CT molecular complexity index is 1190. The largest absolute Gasteiger partial charge is 0.493 e. The maximum atomic E-state index is 13.4. The number of nitrogens with one attached hydrogen (secondary N) is 1. The van der Waals surface area contributed by atoms with Crippen molar-refractivity contribution in [1.29, 1.82) is 0 Å². The van der Waals surface area contributed by atoms with Crippen molar-refractivity contribution in [2.24, 2.45) is 0 Å². The first-order valence-corrected chi connectivity index (χ1v) is 10.4. The van der Waals surface area contributed by atoms with Crippen LogP contribution in [0.5, 0.6) is 11.5 Å². The minimum Gasteiger partial charge on any atom is -0.493 e. The van der Waals surface area contributed by atoms with Crippen LogP contribution in [0, 0.1) is 0 Å². The number of hydrogen-bond donors (Lipinski definition) is 1. The second kappa shape index (κ2) is 9.29. The molecule has 2 aromatic rings. The number of rotatable bonds is 4. The van der Waals surface area contributed by atoms with E-state index in [9.17, 15) is 35.9 Å². The fourth-order valence-corrected chi connectivity index (χ4v) is 4.05. The average molecular weight is 521 g/mol. The monoisotopic (exact) mass is 521 g/mol. The van der Waals surface area contributed by atoms with Crippen molar-refractivity contribution in [2.75, 3.05) is 7.11 Å². The molecule has 0 aromatic heterocycles. The molecule has 0 radical (unpaired) electrons. The van der Waals surface area contributed by atoms with Crippen molar-refractivity contribution in [2.45, 2.75) is 19.3 Å². The molecule has 0 bridgehead atoms. The van der Waals surface area contributed by atoms with Crippen molar-refractivity contribution in [3.63, 3.8) is 0 Å². The van der Waals surface area contributed by atoms with Gasteiger partial charge in [0.2, 0.25) is 0 Å². The molecule has 0 saturated carbocycles.